The molecule has 1 N–H and O–H groups in total. The maximum absolute atomic E-state index is 12.8. The Morgan fingerprint density at radius 2 is 1.57 bits per heavy atom. The molecule has 0 aliphatic heterocycles. The summed E-state index contributed by atoms with van der Waals surface area (Å²) in [6.45, 7) is 7.58. The zero-order chi connectivity index (χ0) is 21.1. The number of nitrogens with one attached hydrogen (secondary N) is 1. The van der Waals surface area contributed by atoms with Gasteiger partial charge in [-0.2, -0.15) is 13.2 Å². The van der Waals surface area contributed by atoms with Gasteiger partial charge in [0.25, 0.3) is 5.56 Å². The molecule has 1 amide bonds. The molecule has 4 nitrogen and oxygen atoms in total. The molecule has 1 heterocycles. The van der Waals surface area contributed by atoms with E-state index in [1.54, 1.807) is 0 Å². The molecule has 0 aliphatic carbocycles. The summed E-state index contributed by atoms with van der Waals surface area (Å²) in [5, 5.41) is 2.84. The Morgan fingerprint density at radius 3 is 2.07 bits per heavy atom. The van der Waals surface area contributed by atoms with E-state index >= 15 is 0 Å². The van der Waals surface area contributed by atoms with Crippen molar-refractivity contribution in [2.45, 2.75) is 52.4 Å². The molecule has 7 heteroatoms. The number of halogens is 3. The number of pyridine rings is 1. The fourth-order valence-electron chi connectivity index (χ4n) is 2.92. The highest BCUT2D eigenvalue weighted by Gasteiger charge is 2.31. The van der Waals surface area contributed by atoms with Crippen LogP contribution in [0.4, 0.5) is 13.2 Å². The van der Waals surface area contributed by atoms with Crippen LogP contribution >= 0.6 is 0 Å². The van der Waals surface area contributed by atoms with Gasteiger partial charge in [0.05, 0.1) is 11.6 Å². The van der Waals surface area contributed by atoms with Crippen LogP contribution in [-0.2, 0) is 17.5 Å². The van der Waals surface area contributed by atoms with E-state index in [9.17, 15) is 22.8 Å². The average molecular weight is 394 g/mol. The molecule has 1 aromatic heterocycles. The molecule has 0 radical (unpaired) electrons. The third-order valence-electron chi connectivity index (χ3n) is 4.57. The lowest BCUT2D eigenvalue weighted by Crippen LogP contribution is -2.36. The number of aromatic nitrogens is 1. The molecule has 0 spiro atoms. The lowest BCUT2D eigenvalue weighted by atomic mass is 9.93. The molecule has 0 aliphatic rings. The number of hydrogen-bond donors (Lipinski definition) is 1. The third-order valence-corrected chi connectivity index (χ3v) is 4.57. The normalized spacial score (nSPS) is 13.0. The number of hydrogen-bond acceptors (Lipinski definition) is 2. The van der Waals surface area contributed by atoms with Crippen LogP contribution in [-0.4, -0.2) is 10.5 Å². The quantitative estimate of drug-likeness (QED) is 0.784. The first-order valence-electron chi connectivity index (χ1n) is 9.16. The van der Waals surface area contributed by atoms with E-state index in [0.29, 0.717) is 18.2 Å². The topological polar surface area (TPSA) is 51.1 Å². The minimum atomic E-state index is -4.58. The fraction of sp³-hybridized carbons (Fsp3) is 0.429. The number of carbonyl (C=O) groups excluding carboxylic acids is 1. The van der Waals surface area contributed by atoms with Gasteiger partial charge in [-0.05, 0) is 29.0 Å². The van der Waals surface area contributed by atoms with Crippen molar-refractivity contribution in [2.24, 2.45) is 5.92 Å². The van der Waals surface area contributed by atoms with E-state index in [4.69, 9.17) is 0 Å². The average Bonchev–Trinajstić information content (AvgIpc) is 2.60. The Balaban J connectivity index is 2.18. The lowest BCUT2D eigenvalue weighted by molar-refractivity contribution is -0.138. The molecular weight excluding hydrogens is 369 g/mol. The number of benzene rings is 1. The Morgan fingerprint density at radius 1 is 1.00 bits per heavy atom. The van der Waals surface area contributed by atoms with Crippen molar-refractivity contribution in [1.82, 2.24) is 9.88 Å². The molecule has 1 atom stereocenters. The van der Waals surface area contributed by atoms with Gasteiger partial charge in [-0.3, -0.25) is 9.59 Å². The number of alkyl halides is 3. The Labute approximate surface area is 162 Å². The maximum atomic E-state index is 12.8. The van der Waals surface area contributed by atoms with Gasteiger partial charge >= 0.3 is 6.18 Å². The molecule has 1 aromatic carbocycles. The van der Waals surface area contributed by atoms with Gasteiger partial charge in [0.1, 0.15) is 6.54 Å². The molecule has 0 fully saturated rings. The van der Waals surface area contributed by atoms with Crippen molar-refractivity contribution in [2.75, 3.05) is 0 Å². The van der Waals surface area contributed by atoms with Crippen LogP contribution in [0.3, 0.4) is 0 Å². The van der Waals surface area contributed by atoms with Crippen molar-refractivity contribution in [3.05, 3.63) is 69.6 Å². The van der Waals surface area contributed by atoms with Gasteiger partial charge in [0, 0.05) is 12.3 Å². The Bertz CT molecular complexity index is 868. The Hall–Kier alpha value is -2.57. The van der Waals surface area contributed by atoms with Crippen LogP contribution in [0.2, 0.25) is 0 Å². The molecule has 28 heavy (non-hydrogen) atoms. The minimum Gasteiger partial charge on any atom is -0.347 e. The molecule has 2 rings (SSSR count). The van der Waals surface area contributed by atoms with Crippen molar-refractivity contribution in [3.63, 3.8) is 0 Å². The van der Waals surface area contributed by atoms with E-state index in [1.165, 1.54) is 5.56 Å². The first-order chi connectivity index (χ1) is 13.0. The maximum Gasteiger partial charge on any atom is 0.417 e. The summed E-state index contributed by atoms with van der Waals surface area (Å²) in [5.74, 6) is -0.0749. The van der Waals surface area contributed by atoms with Crippen LogP contribution in [0, 0.1) is 5.92 Å². The van der Waals surface area contributed by atoms with Gasteiger partial charge in [-0.25, -0.2) is 0 Å². The van der Waals surface area contributed by atoms with Gasteiger partial charge in [-0.15, -0.1) is 0 Å². The van der Waals surface area contributed by atoms with E-state index in [1.807, 2.05) is 38.1 Å². The highest BCUT2D eigenvalue weighted by Crippen LogP contribution is 2.28. The van der Waals surface area contributed by atoms with Crippen LogP contribution in [0.15, 0.2) is 47.4 Å². The molecule has 2 aromatic rings. The summed E-state index contributed by atoms with van der Waals surface area (Å²) in [6, 6.07) is 9.10. The largest absolute Gasteiger partial charge is 0.417 e. The van der Waals surface area contributed by atoms with E-state index < -0.39 is 29.8 Å². The number of rotatable bonds is 6. The second-order valence-electron chi connectivity index (χ2n) is 7.49. The molecular formula is C21H25F3N2O2. The van der Waals surface area contributed by atoms with Crippen molar-refractivity contribution < 1.29 is 18.0 Å². The summed E-state index contributed by atoms with van der Waals surface area (Å²) in [7, 11) is 0. The summed E-state index contributed by atoms with van der Waals surface area (Å²) < 4.78 is 39.3. The van der Waals surface area contributed by atoms with Crippen LogP contribution < -0.4 is 10.9 Å². The summed E-state index contributed by atoms with van der Waals surface area (Å²) in [4.78, 5) is 24.3. The van der Waals surface area contributed by atoms with E-state index in [0.717, 1.165) is 16.2 Å². The summed E-state index contributed by atoms with van der Waals surface area (Å²) >= 11 is 0. The van der Waals surface area contributed by atoms with Crippen molar-refractivity contribution in [1.29, 1.82) is 0 Å². The van der Waals surface area contributed by atoms with Crippen LogP contribution in [0.1, 0.15) is 56.3 Å². The van der Waals surface area contributed by atoms with Gasteiger partial charge in [0.2, 0.25) is 5.91 Å². The standard InChI is InChI=1S/C21H25F3N2O2/c1-13(2)15-5-7-16(8-6-15)20(14(3)4)25-18(27)12-26-11-17(21(22,23)24)9-10-19(26)28/h5-11,13-14,20H,12H2,1-4H3,(H,25,27). The zero-order valence-corrected chi connectivity index (χ0v) is 16.4. The molecule has 0 saturated heterocycles. The monoisotopic (exact) mass is 394 g/mol. The highest BCUT2D eigenvalue weighted by molar-refractivity contribution is 5.76. The first kappa shape index (κ1) is 21.7. The van der Waals surface area contributed by atoms with Gasteiger partial charge in [-0.1, -0.05) is 52.0 Å². The molecule has 0 bridgehead atoms. The van der Waals surface area contributed by atoms with Crippen molar-refractivity contribution in [3.8, 4) is 0 Å². The lowest BCUT2D eigenvalue weighted by Gasteiger charge is -2.24. The highest BCUT2D eigenvalue weighted by atomic mass is 19.4. The SMILES string of the molecule is CC(C)c1ccc(C(NC(=O)Cn2cc(C(F)(F)F)ccc2=O)C(C)C)cc1. The van der Waals surface area contributed by atoms with E-state index in [-0.39, 0.29) is 12.0 Å². The second-order valence-corrected chi connectivity index (χ2v) is 7.49. The third kappa shape index (κ3) is 5.47. The number of nitrogens with zero attached hydrogens (tertiary/aromatic N) is 1. The van der Waals surface area contributed by atoms with E-state index in [2.05, 4.69) is 19.2 Å². The summed E-state index contributed by atoms with van der Waals surface area (Å²) in [5.41, 5.74) is 0.451. The molecule has 0 saturated carbocycles. The summed E-state index contributed by atoms with van der Waals surface area (Å²) in [6.07, 6.45) is -3.91. The van der Waals surface area contributed by atoms with Crippen LogP contribution in [0.5, 0.6) is 0 Å². The second kappa shape index (κ2) is 8.63. The minimum absolute atomic E-state index is 0.0621. The van der Waals surface area contributed by atoms with Crippen LogP contribution in [0.25, 0.3) is 0 Å². The smallest absolute Gasteiger partial charge is 0.347 e. The number of amides is 1. The first-order valence-corrected chi connectivity index (χ1v) is 9.16. The molecule has 152 valence electrons. The van der Waals surface area contributed by atoms with Gasteiger partial charge < -0.3 is 9.88 Å². The van der Waals surface area contributed by atoms with Gasteiger partial charge in [0.15, 0.2) is 0 Å². The zero-order valence-electron chi connectivity index (χ0n) is 16.4. The Kier molecular flexibility index (Phi) is 6.69. The molecule has 1 unspecified atom stereocenters. The number of carbonyl (C=O) groups is 1. The predicted molar refractivity (Wildman–Crippen MR) is 102 cm³/mol. The fourth-order valence-corrected chi connectivity index (χ4v) is 2.92. The van der Waals surface area contributed by atoms with Crippen molar-refractivity contribution >= 4 is 5.91 Å². The predicted octanol–water partition coefficient (Wildman–Crippen LogP) is 4.50.